The third-order valence-electron chi connectivity index (χ3n) is 4.58. The van der Waals surface area contributed by atoms with Gasteiger partial charge in [-0.15, -0.1) is 0 Å². The van der Waals surface area contributed by atoms with Gasteiger partial charge in [0.1, 0.15) is 5.76 Å². The smallest absolute Gasteiger partial charge is 0.229 e. The molecule has 2 heterocycles. The maximum absolute atomic E-state index is 12.6. The van der Waals surface area contributed by atoms with Crippen molar-refractivity contribution < 1.29 is 18.8 Å². The summed E-state index contributed by atoms with van der Waals surface area (Å²) in [5.74, 6) is -0.116. The number of hydrogen-bond acceptors (Lipinski definition) is 4. The van der Waals surface area contributed by atoms with Crippen molar-refractivity contribution in [2.24, 2.45) is 11.3 Å². The Morgan fingerprint density at radius 3 is 2.50 bits per heavy atom. The van der Waals surface area contributed by atoms with E-state index in [-0.39, 0.29) is 24.1 Å². The highest BCUT2D eigenvalue weighted by Gasteiger charge is 2.34. The minimum absolute atomic E-state index is 0.0669. The molecule has 0 spiro atoms. The van der Waals surface area contributed by atoms with Crippen LogP contribution in [-0.4, -0.2) is 29.2 Å². The van der Waals surface area contributed by atoms with Crippen molar-refractivity contribution >= 4 is 29.1 Å². The van der Waals surface area contributed by atoms with E-state index in [2.05, 4.69) is 10.6 Å². The fourth-order valence-electron chi connectivity index (χ4n) is 2.93. The van der Waals surface area contributed by atoms with E-state index < -0.39 is 11.3 Å². The molecule has 0 bridgehead atoms. The van der Waals surface area contributed by atoms with Crippen LogP contribution >= 0.6 is 0 Å². The summed E-state index contributed by atoms with van der Waals surface area (Å²) in [4.78, 5) is 38.6. The number of benzene rings is 1. The summed E-state index contributed by atoms with van der Waals surface area (Å²) in [5.41, 5.74) is 0.675. The third kappa shape index (κ3) is 4.79. The molecule has 1 fully saturated rings. The maximum Gasteiger partial charge on any atom is 0.229 e. The van der Waals surface area contributed by atoms with E-state index >= 15 is 0 Å². The standard InChI is InChI=1S/C21H25N3O4/c1-21(2,3)20(27)23-16-7-4-6-15(11-16)22-19(26)14-10-18(25)24(12-14)13-17-8-5-9-28-17/h4-9,11,14H,10,12-13H2,1-3H3,(H,22,26)(H,23,27). The Morgan fingerprint density at radius 2 is 1.86 bits per heavy atom. The van der Waals surface area contributed by atoms with Crippen LogP contribution in [0.1, 0.15) is 33.0 Å². The number of anilines is 2. The predicted molar refractivity (Wildman–Crippen MR) is 105 cm³/mol. The number of nitrogens with one attached hydrogen (secondary N) is 2. The number of amides is 3. The van der Waals surface area contributed by atoms with E-state index in [0.29, 0.717) is 30.2 Å². The van der Waals surface area contributed by atoms with Gasteiger partial charge in [0, 0.05) is 29.8 Å². The highest BCUT2D eigenvalue weighted by Crippen LogP contribution is 2.24. The highest BCUT2D eigenvalue weighted by atomic mass is 16.3. The number of rotatable bonds is 5. The molecule has 1 aliphatic heterocycles. The third-order valence-corrected chi connectivity index (χ3v) is 4.58. The molecule has 1 atom stereocenters. The molecule has 3 amide bonds. The van der Waals surface area contributed by atoms with Gasteiger partial charge in [0.05, 0.1) is 18.7 Å². The molecule has 148 valence electrons. The summed E-state index contributed by atoms with van der Waals surface area (Å²) < 4.78 is 5.27. The minimum Gasteiger partial charge on any atom is -0.467 e. The number of likely N-dealkylation sites (tertiary alicyclic amines) is 1. The van der Waals surface area contributed by atoms with Gasteiger partial charge >= 0.3 is 0 Å². The predicted octanol–water partition coefficient (Wildman–Crippen LogP) is 3.25. The second-order valence-electron chi connectivity index (χ2n) is 8.03. The first-order valence-electron chi connectivity index (χ1n) is 9.25. The summed E-state index contributed by atoms with van der Waals surface area (Å²) in [5, 5.41) is 5.68. The zero-order chi connectivity index (χ0) is 20.3. The average molecular weight is 383 g/mol. The molecule has 0 aliphatic carbocycles. The molecule has 2 N–H and O–H groups in total. The van der Waals surface area contributed by atoms with E-state index in [1.165, 1.54) is 0 Å². The second kappa shape index (κ2) is 7.88. The van der Waals surface area contributed by atoms with Crippen LogP contribution in [0.15, 0.2) is 47.1 Å². The second-order valence-corrected chi connectivity index (χ2v) is 8.03. The summed E-state index contributed by atoms with van der Waals surface area (Å²) in [6.45, 7) is 6.22. The maximum atomic E-state index is 12.6. The van der Waals surface area contributed by atoms with Gasteiger partial charge in [0.25, 0.3) is 0 Å². The van der Waals surface area contributed by atoms with Crippen LogP contribution in [0.25, 0.3) is 0 Å². The van der Waals surface area contributed by atoms with E-state index in [4.69, 9.17) is 4.42 Å². The molecule has 28 heavy (non-hydrogen) atoms. The van der Waals surface area contributed by atoms with Gasteiger partial charge < -0.3 is 20.0 Å². The van der Waals surface area contributed by atoms with Crippen LogP contribution in [0.5, 0.6) is 0 Å². The lowest BCUT2D eigenvalue weighted by atomic mass is 9.95. The van der Waals surface area contributed by atoms with Gasteiger partial charge in [-0.25, -0.2) is 0 Å². The Kier molecular flexibility index (Phi) is 5.53. The van der Waals surface area contributed by atoms with Crippen molar-refractivity contribution in [2.75, 3.05) is 17.2 Å². The highest BCUT2D eigenvalue weighted by molar-refractivity contribution is 5.98. The molecule has 2 aromatic rings. The number of carbonyl (C=O) groups is 3. The molecule has 1 aliphatic rings. The molecule has 1 aromatic carbocycles. The van der Waals surface area contributed by atoms with Gasteiger partial charge in [0.15, 0.2) is 0 Å². The van der Waals surface area contributed by atoms with Crippen molar-refractivity contribution in [1.29, 1.82) is 0 Å². The molecule has 0 radical (unpaired) electrons. The zero-order valence-electron chi connectivity index (χ0n) is 16.3. The van der Waals surface area contributed by atoms with Crippen molar-refractivity contribution in [3.8, 4) is 0 Å². The van der Waals surface area contributed by atoms with Crippen molar-refractivity contribution in [1.82, 2.24) is 4.90 Å². The molecular formula is C21H25N3O4. The molecule has 1 unspecified atom stereocenters. The van der Waals surface area contributed by atoms with E-state index in [0.717, 1.165) is 0 Å². The Labute approximate surface area is 164 Å². The topological polar surface area (TPSA) is 91.7 Å². The number of nitrogens with zero attached hydrogens (tertiary/aromatic N) is 1. The lowest BCUT2D eigenvalue weighted by Gasteiger charge is -2.18. The van der Waals surface area contributed by atoms with E-state index in [1.54, 1.807) is 47.6 Å². The summed E-state index contributed by atoms with van der Waals surface area (Å²) in [6.07, 6.45) is 1.73. The van der Waals surface area contributed by atoms with E-state index in [1.807, 2.05) is 20.8 Å². The summed E-state index contributed by atoms with van der Waals surface area (Å²) in [6, 6.07) is 10.6. The monoisotopic (exact) mass is 383 g/mol. The molecule has 1 saturated heterocycles. The lowest BCUT2D eigenvalue weighted by Crippen LogP contribution is -2.28. The Hall–Kier alpha value is -3.09. The van der Waals surface area contributed by atoms with Gasteiger partial charge in [-0.3, -0.25) is 14.4 Å². The molecule has 7 heteroatoms. The fraction of sp³-hybridized carbons (Fsp3) is 0.381. The summed E-state index contributed by atoms with van der Waals surface area (Å²) in [7, 11) is 0. The van der Waals surface area contributed by atoms with Gasteiger partial charge in [-0.1, -0.05) is 26.8 Å². The SMILES string of the molecule is CC(C)(C)C(=O)Nc1cccc(NC(=O)C2CC(=O)N(Cc3ccco3)C2)c1. The molecular weight excluding hydrogens is 358 g/mol. The van der Waals surface area contributed by atoms with Crippen molar-refractivity contribution in [2.45, 2.75) is 33.7 Å². The van der Waals surface area contributed by atoms with Crippen LogP contribution in [0, 0.1) is 11.3 Å². The Balaban J connectivity index is 1.60. The van der Waals surface area contributed by atoms with Crippen LogP contribution in [0.2, 0.25) is 0 Å². The van der Waals surface area contributed by atoms with Crippen LogP contribution in [0.3, 0.4) is 0 Å². The van der Waals surface area contributed by atoms with Gasteiger partial charge in [0.2, 0.25) is 17.7 Å². The van der Waals surface area contributed by atoms with E-state index in [9.17, 15) is 14.4 Å². The molecule has 3 rings (SSSR count). The first kappa shape index (κ1) is 19.7. The quantitative estimate of drug-likeness (QED) is 0.829. The van der Waals surface area contributed by atoms with Crippen LogP contribution in [-0.2, 0) is 20.9 Å². The Bertz CT molecular complexity index is 868. The number of furan rings is 1. The largest absolute Gasteiger partial charge is 0.467 e. The van der Waals surface area contributed by atoms with Crippen molar-refractivity contribution in [3.63, 3.8) is 0 Å². The number of carbonyl (C=O) groups excluding carboxylic acids is 3. The number of hydrogen-bond donors (Lipinski definition) is 2. The fourth-order valence-corrected chi connectivity index (χ4v) is 2.93. The zero-order valence-corrected chi connectivity index (χ0v) is 16.3. The average Bonchev–Trinajstić information content (AvgIpc) is 3.25. The lowest BCUT2D eigenvalue weighted by molar-refractivity contribution is -0.129. The Morgan fingerprint density at radius 1 is 1.14 bits per heavy atom. The van der Waals surface area contributed by atoms with Gasteiger partial charge in [-0.05, 0) is 30.3 Å². The molecule has 0 saturated carbocycles. The molecule has 7 nitrogen and oxygen atoms in total. The summed E-state index contributed by atoms with van der Waals surface area (Å²) >= 11 is 0. The first-order valence-corrected chi connectivity index (χ1v) is 9.25. The van der Waals surface area contributed by atoms with Gasteiger partial charge in [-0.2, -0.15) is 0 Å². The van der Waals surface area contributed by atoms with Crippen LogP contribution in [0.4, 0.5) is 11.4 Å². The normalized spacial score (nSPS) is 16.9. The van der Waals surface area contributed by atoms with Crippen molar-refractivity contribution in [3.05, 3.63) is 48.4 Å². The van der Waals surface area contributed by atoms with Crippen LogP contribution < -0.4 is 10.6 Å². The minimum atomic E-state index is -0.513. The molecule has 1 aromatic heterocycles. The first-order chi connectivity index (χ1) is 13.2.